The number of methoxy groups -OCH3 is 1. The van der Waals surface area contributed by atoms with Crippen molar-refractivity contribution in [1.82, 2.24) is 15.2 Å². The van der Waals surface area contributed by atoms with E-state index in [1.165, 1.54) is 12.1 Å². The minimum absolute atomic E-state index is 0.0681. The molecule has 176 valence electrons. The fourth-order valence-electron chi connectivity index (χ4n) is 4.35. The smallest absolute Gasteiger partial charge is 0.184 e. The molecule has 0 spiro atoms. The number of nitrogens with zero attached hydrogens (tertiary/aromatic N) is 3. The van der Waals surface area contributed by atoms with Crippen LogP contribution in [0, 0.1) is 5.82 Å². The van der Waals surface area contributed by atoms with Gasteiger partial charge in [0.2, 0.25) is 0 Å². The molecule has 1 aromatic heterocycles. The third-order valence-corrected chi connectivity index (χ3v) is 6.74. The van der Waals surface area contributed by atoms with E-state index in [0.29, 0.717) is 41.7 Å². The lowest BCUT2D eigenvalue weighted by Crippen LogP contribution is -2.64. The van der Waals surface area contributed by atoms with E-state index < -0.39 is 17.6 Å². The number of hydrogen-bond acceptors (Lipinski definition) is 7. The number of ether oxygens (including phenoxy) is 2. The summed E-state index contributed by atoms with van der Waals surface area (Å²) < 4.78 is 26.4. The lowest BCUT2D eigenvalue weighted by Gasteiger charge is -2.47. The predicted octanol–water partition coefficient (Wildman–Crippen LogP) is 4.02. The molecule has 0 amide bonds. The van der Waals surface area contributed by atoms with Crippen LogP contribution in [0.25, 0.3) is 5.57 Å². The highest BCUT2D eigenvalue weighted by Gasteiger charge is 2.47. The van der Waals surface area contributed by atoms with Crippen LogP contribution in [0.1, 0.15) is 30.6 Å². The summed E-state index contributed by atoms with van der Waals surface area (Å²) in [5, 5.41) is 3.60. The van der Waals surface area contributed by atoms with Gasteiger partial charge in [0.25, 0.3) is 0 Å². The normalized spacial score (nSPS) is 22.5. The van der Waals surface area contributed by atoms with Gasteiger partial charge in [-0.25, -0.2) is 9.38 Å². The summed E-state index contributed by atoms with van der Waals surface area (Å²) in [7, 11) is 1.61. The summed E-state index contributed by atoms with van der Waals surface area (Å²) in [6.07, 6.45) is 4.83. The molecule has 2 aromatic rings. The molecule has 0 radical (unpaired) electrons. The minimum Gasteiger partial charge on any atom is -0.496 e. The first kappa shape index (κ1) is 23.9. The summed E-state index contributed by atoms with van der Waals surface area (Å²) in [6.45, 7) is 4.69. The summed E-state index contributed by atoms with van der Waals surface area (Å²) in [5.41, 5.74) is 7.46. The molecule has 1 unspecified atom stereocenters. The zero-order valence-corrected chi connectivity index (χ0v) is 20.0. The highest BCUT2D eigenvalue weighted by Crippen LogP contribution is 2.42. The van der Waals surface area contributed by atoms with Gasteiger partial charge in [-0.3, -0.25) is 9.88 Å². The van der Waals surface area contributed by atoms with Gasteiger partial charge in [-0.1, -0.05) is 23.2 Å². The fourth-order valence-corrected chi connectivity index (χ4v) is 5.03. The second-order valence-electron chi connectivity index (χ2n) is 7.96. The molecule has 33 heavy (non-hydrogen) atoms. The summed E-state index contributed by atoms with van der Waals surface area (Å²) in [6, 6.07) is 4.50. The van der Waals surface area contributed by atoms with Gasteiger partial charge in [0.05, 0.1) is 18.2 Å². The molecule has 2 atom stereocenters. The van der Waals surface area contributed by atoms with Crippen molar-refractivity contribution >= 4 is 34.6 Å². The molecular formula is C23H26Cl2FN5O2. The summed E-state index contributed by atoms with van der Waals surface area (Å²) in [5.74, 6) is 0.422. The standard InChI is InChI=1S/C23H26Cl2FN5O2/c1-14(20-17(24)3-4-18(26)21(20)25)33-23(31-9-7-28-8-10-31)11-15(12-30-22(23)27)16-13-29-6-5-19(16)32-2/h3-6,12-14,28H,7-11H2,1-2H3,(H2,27,30)/t14?,23-/m1/s1. The van der Waals surface area contributed by atoms with E-state index >= 15 is 0 Å². The van der Waals surface area contributed by atoms with E-state index in [-0.39, 0.29) is 5.02 Å². The molecule has 1 fully saturated rings. The van der Waals surface area contributed by atoms with Gasteiger partial charge in [0.1, 0.15) is 17.4 Å². The average molecular weight is 494 g/mol. The van der Waals surface area contributed by atoms with Gasteiger partial charge >= 0.3 is 0 Å². The Bertz CT molecular complexity index is 1090. The number of benzene rings is 1. The third kappa shape index (κ3) is 4.58. The Morgan fingerprint density at radius 2 is 2.00 bits per heavy atom. The Morgan fingerprint density at radius 1 is 1.24 bits per heavy atom. The summed E-state index contributed by atoms with van der Waals surface area (Å²) >= 11 is 12.7. The van der Waals surface area contributed by atoms with E-state index in [0.717, 1.165) is 24.2 Å². The van der Waals surface area contributed by atoms with Gasteiger partial charge < -0.3 is 20.5 Å². The Hall–Kier alpha value is -2.23. The van der Waals surface area contributed by atoms with Gasteiger partial charge in [-0.05, 0) is 30.7 Å². The van der Waals surface area contributed by atoms with Gasteiger partial charge in [0, 0.05) is 67.3 Å². The maximum Gasteiger partial charge on any atom is 0.184 e. The van der Waals surface area contributed by atoms with Crippen molar-refractivity contribution in [3.63, 3.8) is 0 Å². The zero-order valence-electron chi connectivity index (χ0n) is 18.4. The molecule has 0 saturated carbocycles. The number of pyridine rings is 1. The van der Waals surface area contributed by atoms with Crippen LogP contribution in [0.3, 0.4) is 0 Å². The molecule has 10 heteroatoms. The second kappa shape index (κ2) is 9.95. The summed E-state index contributed by atoms with van der Waals surface area (Å²) in [4.78, 5) is 10.9. The first-order chi connectivity index (χ1) is 15.9. The van der Waals surface area contributed by atoms with Crippen LogP contribution >= 0.6 is 23.2 Å². The lowest BCUT2D eigenvalue weighted by molar-refractivity contribution is -0.140. The Labute approximate surface area is 202 Å². The number of amidine groups is 1. The number of nitrogens with one attached hydrogen (secondary N) is 1. The predicted molar refractivity (Wildman–Crippen MR) is 128 cm³/mol. The Morgan fingerprint density at radius 3 is 2.73 bits per heavy atom. The maximum atomic E-state index is 14.2. The number of piperazine rings is 1. The van der Waals surface area contributed by atoms with E-state index in [9.17, 15) is 4.39 Å². The maximum absolute atomic E-state index is 14.2. The molecule has 7 nitrogen and oxygen atoms in total. The van der Waals surface area contributed by atoms with Crippen LogP contribution in [0.5, 0.6) is 5.75 Å². The van der Waals surface area contributed by atoms with E-state index in [4.69, 9.17) is 38.4 Å². The largest absolute Gasteiger partial charge is 0.496 e. The molecule has 0 aliphatic carbocycles. The molecule has 3 heterocycles. The van der Waals surface area contributed by atoms with Crippen LogP contribution in [-0.2, 0) is 4.74 Å². The topological polar surface area (TPSA) is 85.0 Å². The molecule has 4 rings (SSSR count). The third-order valence-electron chi connectivity index (χ3n) is 6.02. The average Bonchev–Trinajstić information content (AvgIpc) is 2.83. The van der Waals surface area contributed by atoms with Crippen LogP contribution in [0.4, 0.5) is 4.39 Å². The molecule has 2 aliphatic rings. The molecule has 3 N–H and O–H groups in total. The Kier molecular flexibility index (Phi) is 7.21. The highest BCUT2D eigenvalue weighted by atomic mass is 35.5. The van der Waals surface area contributed by atoms with Crippen molar-refractivity contribution in [3.8, 4) is 5.75 Å². The van der Waals surface area contributed by atoms with Crippen molar-refractivity contribution in [3.05, 3.63) is 63.8 Å². The second-order valence-corrected chi connectivity index (χ2v) is 8.74. The minimum atomic E-state index is -1.09. The Balaban J connectivity index is 1.76. The molecule has 1 aromatic carbocycles. The van der Waals surface area contributed by atoms with Crippen LogP contribution in [0.15, 0.2) is 41.8 Å². The number of aliphatic imine (C=N–C) groups is 1. The van der Waals surface area contributed by atoms with Gasteiger partial charge in [0.15, 0.2) is 5.72 Å². The SMILES string of the molecule is COc1ccncc1C1=CN=C(N)[C@@](OC(C)c2c(Cl)ccc(F)c2Cl)(N2CCNCC2)C1. The van der Waals surface area contributed by atoms with Crippen molar-refractivity contribution in [2.45, 2.75) is 25.2 Å². The highest BCUT2D eigenvalue weighted by molar-refractivity contribution is 6.36. The molecule has 1 saturated heterocycles. The fraction of sp³-hybridized carbons (Fsp3) is 0.391. The van der Waals surface area contributed by atoms with Crippen LogP contribution in [0.2, 0.25) is 10.0 Å². The van der Waals surface area contributed by atoms with E-state index in [1.807, 2.05) is 0 Å². The van der Waals surface area contributed by atoms with Crippen molar-refractivity contribution in [2.24, 2.45) is 10.7 Å². The molecule has 0 bridgehead atoms. The van der Waals surface area contributed by atoms with Crippen molar-refractivity contribution < 1.29 is 13.9 Å². The quantitative estimate of drug-likeness (QED) is 0.591. The first-order valence-corrected chi connectivity index (χ1v) is 11.4. The zero-order chi connectivity index (χ0) is 23.6. The number of halogens is 3. The molecule has 2 aliphatic heterocycles. The van der Waals surface area contributed by atoms with Gasteiger partial charge in [-0.2, -0.15) is 0 Å². The number of aromatic nitrogens is 1. The number of hydrogen-bond donors (Lipinski definition) is 2. The number of rotatable bonds is 6. The monoisotopic (exact) mass is 493 g/mol. The van der Waals surface area contributed by atoms with E-state index in [1.54, 1.807) is 38.7 Å². The van der Waals surface area contributed by atoms with Crippen LogP contribution < -0.4 is 15.8 Å². The molecular weight excluding hydrogens is 468 g/mol. The van der Waals surface area contributed by atoms with Crippen molar-refractivity contribution in [1.29, 1.82) is 0 Å². The van der Waals surface area contributed by atoms with Gasteiger partial charge in [-0.15, -0.1) is 0 Å². The van der Waals surface area contributed by atoms with E-state index in [2.05, 4.69) is 20.2 Å². The first-order valence-electron chi connectivity index (χ1n) is 10.7. The van der Waals surface area contributed by atoms with Crippen molar-refractivity contribution in [2.75, 3.05) is 33.3 Å². The van der Waals surface area contributed by atoms with Crippen LogP contribution in [-0.4, -0.2) is 54.7 Å². The lowest BCUT2D eigenvalue weighted by atomic mass is 9.92. The number of nitrogens with two attached hydrogens (primary N) is 1.